The molecule has 2 heterocycles. The van der Waals surface area contributed by atoms with Crippen molar-refractivity contribution in [1.82, 2.24) is 15.0 Å². The molecule has 0 spiro atoms. The Labute approximate surface area is 202 Å². The van der Waals surface area contributed by atoms with E-state index in [0.29, 0.717) is 17.0 Å². The lowest BCUT2D eigenvalue weighted by molar-refractivity contribution is -0.192. The van der Waals surface area contributed by atoms with Crippen LogP contribution in [0.1, 0.15) is 28.6 Å². The number of aryl methyl sites for hydroxylation is 1. The van der Waals surface area contributed by atoms with E-state index < -0.39 is 29.9 Å². The van der Waals surface area contributed by atoms with Crippen molar-refractivity contribution in [2.75, 3.05) is 7.11 Å². The maximum absolute atomic E-state index is 14.0. The van der Waals surface area contributed by atoms with Crippen LogP contribution in [0.15, 0.2) is 45.8 Å². The molecule has 1 atom stereocenters. The molecule has 1 aromatic carbocycles. The molecular formula is C21H17BrF5N3O5. The number of pyridine rings is 1. The van der Waals surface area contributed by atoms with E-state index >= 15 is 0 Å². The smallest absolute Gasteiger partial charge is 0.475 e. The second kappa shape index (κ2) is 11.8. The van der Waals surface area contributed by atoms with Gasteiger partial charge in [0.1, 0.15) is 17.7 Å². The number of nitrogens with one attached hydrogen (secondary N) is 1. The molecule has 0 radical (unpaired) electrons. The van der Waals surface area contributed by atoms with Gasteiger partial charge in [-0.25, -0.2) is 18.6 Å². The second-order valence-electron chi connectivity index (χ2n) is 6.75. The van der Waals surface area contributed by atoms with Crippen LogP contribution in [0, 0.1) is 18.6 Å². The second-order valence-corrected chi connectivity index (χ2v) is 7.54. The average molecular weight is 566 g/mol. The summed E-state index contributed by atoms with van der Waals surface area (Å²) in [6, 6.07) is 6.70. The Hall–Kier alpha value is -3.39. The molecule has 14 heteroatoms. The normalized spacial score (nSPS) is 11.9. The van der Waals surface area contributed by atoms with Gasteiger partial charge < -0.3 is 19.6 Å². The molecule has 0 aliphatic rings. The maximum Gasteiger partial charge on any atom is 0.490 e. The number of benzene rings is 1. The van der Waals surface area contributed by atoms with Gasteiger partial charge in [0, 0.05) is 29.1 Å². The van der Waals surface area contributed by atoms with Crippen LogP contribution in [-0.2, 0) is 16.1 Å². The van der Waals surface area contributed by atoms with Crippen molar-refractivity contribution in [3.63, 3.8) is 0 Å². The summed E-state index contributed by atoms with van der Waals surface area (Å²) in [5.74, 6) is -4.15. The first-order valence-corrected chi connectivity index (χ1v) is 10.2. The Kier molecular flexibility index (Phi) is 9.42. The highest BCUT2D eigenvalue weighted by Crippen LogP contribution is 2.31. The number of H-pyrrole nitrogens is 1. The molecule has 8 nitrogen and oxygen atoms in total. The summed E-state index contributed by atoms with van der Waals surface area (Å²) in [4.78, 5) is 32.0. The lowest BCUT2D eigenvalue weighted by atomic mass is 10.1. The van der Waals surface area contributed by atoms with E-state index in [0.717, 1.165) is 12.1 Å². The Bertz CT molecular complexity index is 1250. The van der Waals surface area contributed by atoms with Crippen LogP contribution >= 0.6 is 15.9 Å². The molecular weight excluding hydrogens is 549 g/mol. The van der Waals surface area contributed by atoms with Gasteiger partial charge >= 0.3 is 18.2 Å². The van der Waals surface area contributed by atoms with Gasteiger partial charge in [-0.2, -0.15) is 18.2 Å². The van der Waals surface area contributed by atoms with Crippen molar-refractivity contribution in [2.24, 2.45) is 0 Å². The van der Waals surface area contributed by atoms with E-state index in [1.807, 2.05) is 0 Å². The van der Waals surface area contributed by atoms with Crippen molar-refractivity contribution in [3.8, 4) is 6.01 Å². The SMILES string of the molecule is COc1nccc(C(OCc2ccc(F)cc2F)c2cc(C)[nH]c(=O)c2Br)n1.O=C(O)C(F)(F)F. The number of alkyl halides is 3. The third-order valence-electron chi connectivity index (χ3n) is 4.19. The quantitative estimate of drug-likeness (QED) is 0.424. The van der Waals surface area contributed by atoms with Gasteiger partial charge in [-0.15, -0.1) is 0 Å². The molecule has 35 heavy (non-hydrogen) atoms. The molecule has 0 fully saturated rings. The fraction of sp³-hybridized carbons (Fsp3) is 0.238. The molecule has 0 aliphatic carbocycles. The van der Waals surface area contributed by atoms with Gasteiger partial charge in [-0.1, -0.05) is 6.07 Å². The molecule has 188 valence electrons. The highest BCUT2D eigenvalue weighted by atomic mass is 79.9. The molecule has 3 rings (SSSR count). The lowest BCUT2D eigenvalue weighted by Crippen LogP contribution is -2.21. The highest BCUT2D eigenvalue weighted by Gasteiger charge is 2.38. The summed E-state index contributed by atoms with van der Waals surface area (Å²) < 4.78 is 70.1. The third-order valence-corrected chi connectivity index (χ3v) is 5.01. The van der Waals surface area contributed by atoms with Gasteiger partial charge in [0.25, 0.3) is 5.56 Å². The summed E-state index contributed by atoms with van der Waals surface area (Å²) in [5, 5.41) is 7.12. The zero-order valence-electron chi connectivity index (χ0n) is 18.0. The standard InChI is InChI=1S/C19H16BrF2N3O3.C2HF3O2/c1-10-7-13(16(20)18(26)24-10)17(15-5-6-23-19(25-15)27-2)28-9-11-3-4-12(21)8-14(11)22;3-2(4,5)1(6)7/h3-8,17H,9H2,1-2H3,(H,24,26);(H,6,7). The number of aromatic amines is 1. The number of hydrogen-bond donors (Lipinski definition) is 2. The van der Waals surface area contributed by atoms with Crippen molar-refractivity contribution in [2.45, 2.75) is 25.8 Å². The minimum absolute atomic E-state index is 0.122. The molecule has 0 aliphatic heterocycles. The first-order chi connectivity index (χ1) is 16.3. The number of methoxy groups -OCH3 is 1. The number of rotatable bonds is 6. The van der Waals surface area contributed by atoms with Gasteiger partial charge in [-0.3, -0.25) is 4.79 Å². The Balaban J connectivity index is 0.000000540. The first kappa shape index (κ1) is 27.9. The lowest BCUT2D eigenvalue weighted by Gasteiger charge is -2.20. The third kappa shape index (κ3) is 7.82. The Morgan fingerprint density at radius 3 is 2.46 bits per heavy atom. The van der Waals surface area contributed by atoms with E-state index in [-0.39, 0.29) is 28.2 Å². The number of halogens is 6. The molecule has 2 N–H and O–H groups in total. The van der Waals surface area contributed by atoms with Crippen LogP contribution in [0.2, 0.25) is 0 Å². The average Bonchev–Trinajstić information content (AvgIpc) is 2.78. The Morgan fingerprint density at radius 2 is 1.89 bits per heavy atom. The van der Waals surface area contributed by atoms with Gasteiger partial charge in [-0.05, 0) is 41.1 Å². The molecule has 0 amide bonds. The molecule has 0 saturated carbocycles. The van der Waals surface area contributed by atoms with Crippen LogP contribution in [0.5, 0.6) is 6.01 Å². The topological polar surface area (TPSA) is 114 Å². The van der Waals surface area contributed by atoms with Crippen LogP contribution in [0.4, 0.5) is 22.0 Å². The van der Waals surface area contributed by atoms with Gasteiger partial charge in [0.15, 0.2) is 0 Å². The summed E-state index contributed by atoms with van der Waals surface area (Å²) >= 11 is 3.28. The number of hydrogen-bond acceptors (Lipinski definition) is 6. The van der Waals surface area contributed by atoms with E-state index in [1.54, 1.807) is 19.1 Å². The summed E-state index contributed by atoms with van der Waals surface area (Å²) in [6.07, 6.45) is -4.42. The number of aliphatic carboxylic acids is 1. The van der Waals surface area contributed by atoms with Gasteiger partial charge in [0.05, 0.1) is 23.9 Å². The largest absolute Gasteiger partial charge is 0.490 e. The zero-order chi connectivity index (χ0) is 26.3. The predicted molar refractivity (Wildman–Crippen MR) is 115 cm³/mol. The van der Waals surface area contributed by atoms with E-state index in [9.17, 15) is 26.7 Å². The maximum atomic E-state index is 14.0. The predicted octanol–water partition coefficient (Wildman–Crippen LogP) is 4.46. The molecule has 0 bridgehead atoms. The first-order valence-electron chi connectivity index (χ1n) is 9.45. The van der Waals surface area contributed by atoms with Crippen LogP contribution in [0.25, 0.3) is 0 Å². The number of carboxylic acids is 1. The summed E-state index contributed by atoms with van der Waals surface area (Å²) in [5.41, 5.74) is 1.37. The summed E-state index contributed by atoms with van der Waals surface area (Å²) in [6.45, 7) is 1.57. The van der Waals surface area contributed by atoms with Crippen molar-refractivity contribution < 1.29 is 41.3 Å². The molecule has 0 saturated heterocycles. The zero-order valence-corrected chi connectivity index (χ0v) is 19.6. The minimum Gasteiger partial charge on any atom is -0.475 e. The van der Waals surface area contributed by atoms with E-state index in [2.05, 4.69) is 30.9 Å². The van der Waals surface area contributed by atoms with Crippen molar-refractivity contribution in [3.05, 3.63) is 85.5 Å². The molecule has 3 aromatic rings. The number of ether oxygens (including phenoxy) is 2. The fourth-order valence-electron chi connectivity index (χ4n) is 2.63. The fourth-order valence-corrected chi connectivity index (χ4v) is 3.05. The monoisotopic (exact) mass is 565 g/mol. The molecule has 1 unspecified atom stereocenters. The minimum atomic E-state index is -5.08. The number of aromatic nitrogens is 3. The van der Waals surface area contributed by atoms with Crippen molar-refractivity contribution >= 4 is 21.9 Å². The van der Waals surface area contributed by atoms with E-state index in [4.69, 9.17) is 19.4 Å². The number of nitrogens with zero attached hydrogens (tertiary/aromatic N) is 2. The van der Waals surface area contributed by atoms with Crippen LogP contribution in [0.3, 0.4) is 0 Å². The van der Waals surface area contributed by atoms with Crippen LogP contribution in [-0.4, -0.2) is 39.3 Å². The highest BCUT2D eigenvalue weighted by molar-refractivity contribution is 9.10. The van der Waals surface area contributed by atoms with Crippen LogP contribution < -0.4 is 10.3 Å². The van der Waals surface area contributed by atoms with Gasteiger partial charge in [0.2, 0.25) is 0 Å². The number of carboxylic acid groups (broad SMARTS) is 1. The van der Waals surface area contributed by atoms with Crippen molar-refractivity contribution in [1.29, 1.82) is 0 Å². The molecule has 2 aromatic heterocycles. The summed E-state index contributed by atoms with van der Waals surface area (Å²) in [7, 11) is 1.43. The van der Waals surface area contributed by atoms with E-state index in [1.165, 1.54) is 19.4 Å². The Morgan fingerprint density at radius 1 is 1.23 bits per heavy atom. The number of carbonyl (C=O) groups is 1.